The number of rotatable bonds is 6. The summed E-state index contributed by atoms with van der Waals surface area (Å²) in [6.07, 6.45) is 1.12. The Morgan fingerprint density at radius 1 is 1.24 bits per heavy atom. The van der Waals surface area contributed by atoms with Gasteiger partial charge in [0.05, 0.1) is 30.9 Å². The lowest BCUT2D eigenvalue weighted by atomic mass is 10.1. The minimum absolute atomic E-state index is 0.239. The Kier molecular flexibility index (Phi) is 6.82. The van der Waals surface area contributed by atoms with Gasteiger partial charge >= 0.3 is 0 Å². The number of nitrogens with zero attached hydrogens (tertiary/aromatic N) is 1. The fourth-order valence-electron chi connectivity index (χ4n) is 3.35. The Hall–Kier alpha value is -1.01. The molecule has 1 fully saturated rings. The number of hydrogen-bond donors (Lipinski definition) is 1. The summed E-state index contributed by atoms with van der Waals surface area (Å²) in [6, 6.07) is 3.97. The van der Waals surface area contributed by atoms with Gasteiger partial charge in [0.15, 0.2) is 11.5 Å². The number of fused-ring (bicyclic) bond motifs is 1. The first kappa shape index (κ1) is 18.8. The topological polar surface area (TPSA) is 43.0 Å². The van der Waals surface area contributed by atoms with Gasteiger partial charge in [-0.3, -0.25) is 4.90 Å². The van der Waals surface area contributed by atoms with Crippen molar-refractivity contribution in [2.75, 3.05) is 46.0 Å². The Labute approximate surface area is 155 Å². The van der Waals surface area contributed by atoms with Gasteiger partial charge in [-0.15, -0.1) is 0 Å². The largest absolute Gasteiger partial charge is 0.489 e. The lowest BCUT2D eigenvalue weighted by Crippen LogP contribution is -2.47. The average molecular weight is 369 g/mol. The van der Waals surface area contributed by atoms with E-state index in [4.69, 9.17) is 25.8 Å². The lowest BCUT2D eigenvalue weighted by molar-refractivity contribution is -0.0303. The van der Waals surface area contributed by atoms with Crippen molar-refractivity contribution < 1.29 is 14.2 Å². The zero-order valence-electron chi connectivity index (χ0n) is 15.2. The van der Waals surface area contributed by atoms with Crippen LogP contribution in [0, 0.1) is 5.92 Å². The molecular formula is C19H29ClN2O3. The second kappa shape index (κ2) is 9.08. The zero-order valence-corrected chi connectivity index (χ0v) is 16.0. The molecular weight excluding hydrogens is 340 g/mol. The molecule has 25 heavy (non-hydrogen) atoms. The monoisotopic (exact) mass is 368 g/mol. The SMILES string of the molecule is CC(C)CN1CCOC(CNCc2cc(Cl)c3c(c2)OCCCO3)C1. The van der Waals surface area contributed by atoms with Crippen LogP contribution in [-0.2, 0) is 11.3 Å². The first-order valence-electron chi connectivity index (χ1n) is 9.24. The van der Waals surface area contributed by atoms with Crippen LogP contribution in [0.25, 0.3) is 0 Å². The Balaban J connectivity index is 1.50. The third-order valence-corrected chi connectivity index (χ3v) is 4.69. The minimum Gasteiger partial charge on any atom is -0.489 e. The lowest BCUT2D eigenvalue weighted by Gasteiger charge is -2.34. The maximum Gasteiger partial charge on any atom is 0.179 e. The van der Waals surface area contributed by atoms with Crippen LogP contribution >= 0.6 is 11.6 Å². The number of morpholine rings is 1. The molecule has 0 aromatic heterocycles. The normalized spacial score (nSPS) is 21.4. The van der Waals surface area contributed by atoms with Crippen molar-refractivity contribution in [3.8, 4) is 11.5 Å². The van der Waals surface area contributed by atoms with Crippen LogP contribution in [0.5, 0.6) is 11.5 Å². The molecule has 2 aliphatic heterocycles. The van der Waals surface area contributed by atoms with Gasteiger partial charge in [-0.1, -0.05) is 25.4 Å². The quantitative estimate of drug-likeness (QED) is 0.836. The summed E-state index contributed by atoms with van der Waals surface area (Å²) >= 11 is 6.35. The fourth-order valence-corrected chi connectivity index (χ4v) is 3.64. The van der Waals surface area contributed by atoms with Gasteiger partial charge in [-0.05, 0) is 23.6 Å². The molecule has 2 aliphatic rings. The predicted molar refractivity (Wildman–Crippen MR) is 99.8 cm³/mol. The zero-order chi connectivity index (χ0) is 17.6. The predicted octanol–water partition coefficient (Wildman–Crippen LogP) is 2.95. The van der Waals surface area contributed by atoms with Crippen molar-refractivity contribution in [3.05, 3.63) is 22.7 Å². The van der Waals surface area contributed by atoms with Crippen molar-refractivity contribution in [1.29, 1.82) is 0 Å². The van der Waals surface area contributed by atoms with E-state index in [-0.39, 0.29) is 6.10 Å². The molecule has 0 bridgehead atoms. The van der Waals surface area contributed by atoms with Crippen LogP contribution in [0.2, 0.25) is 5.02 Å². The van der Waals surface area contributed by atoms with Gasteiger partial charge in [0.2, 0.25) is 0 Å². The number of benzene rings is 1. The standard InChI is InChI=1S/C19H29ClN2O3/c1-14(2)12-22-4-7-23-16(13-22)11-21-10-15-8-17(20)19-18(9-15)24-5-3-6-25-19/h8-9,14,16,21H,3-7,10-13H2,1-2H3. The summed E-state index contributed by atoms with van der Waals surface area (Å²) < 4.78 is 17.3. The smallest absolute Gasteiger partial charge is 0.179 e. The summed E-state index contributed by atoms with van der Waals surface area (Å²) in [5, 5.41) is 4.11. The van der Waals surface area contributed by atoms with Crippen LogP contribution in [-0.4, -0.2) is 57.0 Å². The highest BCUT2D eigenvalue weighted by Crippen LogP contribution is 2.37. The van der Waals surface area contributed by atoms with E-state index in [9.17, 15) is 0 Å². The first-order chi connectivity index (χ1) is 12.1. The van der Waals surface area contributed by atoms with Gasteiger partial charge in [-0.2, -0.15) is 0 Å². The van der Waals surface area contributed by atoms with Crippen LogP contribution in [0.4, 0.5) is 0 Å². The van der Waals surface area contributed by atoms with Gasteiger partial charge in [0, 0.05) is 39.1 Å². The van der Waals surface area contributed by atoms with Crippen molar-refractivity contribution in [2.24, 2.45) is 5.92 Å². The molecule has 1 unspecified atom stereocenters. The number of nitrogens with one attached hydrogen (secondary N) is 1. The van der Waals surface area contributed by atoms with Crippen LogP contribution in [0.15, 0.2) is 12.1 Å². The van der Waals surface area contributed by atoms with Crippen molar-refractivity contribution in [1.82, 2.24) is 10.2 Å². The van der Waals surface area contributed by atoms with E-state index in [1.165, 1.54) is 0 Å². The molecule has 1 saturated heterocycles. The third kappa shape index (κ3) is 5.48. The summed E-state index contributed by atoms with van der Waals surface area (Å²) in [6.45, 7) is 11.4. The van der Waals surface area contributed by atoms with E-state index in [2.05, 4.69) is 24.1 Å². The van der Waals surface area contributed by atoms with Gasteiger partial charge in [0.1, 0.15) is 0 Å². The van der Waals surface area contributed by atoms with E-state index in [0.29, 0.717) is 29.9 Å². The summed E-state index contributed by atoms with van der Waals surface area (Å²) in [5.41, 5.74) is 1.10. The number of ether oxygens (including phenoxy) is 3. The molecule has 0 spiro atoms. The number of hydrogen-bond acceptors (Lipinski definition) is 5. The number of halogens is 1. The first-order valence-corrected chi connectivity index (χ1v) is 9.62. The Morgan fingerprint density at radius 2 is 2.08 bits per heavy atom. The molecule has 0 amide bonds. The van der Waals surface area contributed by atoms with Crippen molar-refractivity contribution >= 4 is 11.6 Å². The maximum atomic E-state index is 6.35. The van der Waals surface area contributed by atoms with Gasteiger partial charge < -0.3 is 19.5 Å². The van der Waals surface area contributed by atoms with E-state index in [1.54, 1.807) is 0 Å². The molecule has 1 atom stereocenters. The molecule has 1 aromatic carbocycles. The molecule has 140 valence electrons. The fraction of sp³-hybridized carbons (Fsp3) is 0.684. The van der Waals surface area contributed by atoms with E-state index in [0.717, 1.165) is 57.1 Å². The van der Waals surface area contributed by atoms with Crippen LogP contribution in [0.1, 0.15) is 25.8 Å². The maximum absolute atomic E-state index is 6.35. The van der Waals surface area contributed by atoms with E-state index >= 15 is 0 Å². The Morgan fingerprint density at radius 3 is 2.92 bits per heavy atom. The molecule has 0 saturated carbocycles. The highest BCUT2D eigenvalue weighted by molar-refractivity contribution is 6.32. The Bertz CT molecular complexity index is 568. The van der Waals surface area contributed by atoms with Crippen LogP contribution < -0.4 is 14.8 Å². The molecule has 1 aromatic rings. The summed E-state index contributed by atoms with van der Waals surface area (Å²) in [4.78, 5) is 2.49. The summed E-state index contributed by atoms with van der Waals surface area (Å²) in [5.74, 6) is 2.11. The van der Waals surface area contributed by atoms with Gasteiger partial charge in [-0.25, -0.2) is 0 Å². The minimum atomic E-state index is 0.239. The average Bonchev–Trinajstić information content (AvgIpc) is 2.80. The molecule has 0 aliphatic carbocycles. The highest BCUT2D eigenvalue weighted by atomic mass is 35.5. The molecule has 2 heterocycles. The van der Waals surface area contributed by atoms with E-state index in [1.807, 2.05) is 12.1 Å². The molecule has 1 N–H and O–H groups in total. The molecule has 6 heteroatoms. The molecule has 5 nitrogen and oxygen atoms in total. The third-order valence-electron chi connectivity index (χ3n) is 4.41. The van der Waals surface area contributed by atoms with Crippen molar-refractivity contribution in [3.63, 3.8) is 0 Å². The second-order valence-corrected chi connectivity index (χ2v) is 7.64. The second-order valence-electron chi connectivity index (χ2n) is 7.23. The summed E-state index contributed by atoms with van der Waals surface area (Å²) in [7, 11) is 0. The van der Waals surface area contributed by atoms with Gasteiger partial charge in [0.25, 0.3) is 0 Å². The molecule has 0 radical (unpaired) electrons. The van der Waals surface area contributed by atoms with E-state index < -0.39 is 0 Å². The van der Waals surface area contributed by atoms with Crippen molar-refractivity contribution in [2.45, 2.75) is 32.9 Å². The van der Waals surface area contributed by atoms with Crippen LogP contribution in [0.3, 0.4) is 0 Å². The molecule has 3 rings (SSSR count). The highest BCUT2D eigenvalue weighted by Gasteiger charge is 2.21.